The van der Waals surface area contributed by atoms with E-state index in [2.05, 4.69) is 4.98 Å². The average molecular weight is 180 g/mol. The molecule has 0 saturated heterocycles. The largest absolute Gasteiger partial charge is 0.396 e. The molecule has 3 heteroatoms. The molecule has 3 nitrogen and oxygen atoms in total. The smallest absolute Gasteiger partial charge is 0.126 e. The van der Waals surface area contributed by atoms with Gasteiger partial charge in [0.25, 0.3) is 0 Å². The molecular formula is C10H16N2O. The Morgan fingerprint density at radius 1 is 1.62 bits per heavy atom. The van der Waals surface area contributed by atoms with Gasteiger partial charge in [0, 0.05) is 12.8 Å². The lowest BCUT2D eigenvalue weighted by Gasteiger charge is -2.09. The molecule has 72 valence electrons. The normalized spacial score (nSPS) is 12.8. The predicted octanol–water partition coefficient (Wildman–Crippen LogP) is 1.14. The number of aliphatic hydroxyl groups excluding tert-OH is 1. The van der Waals surface area contributed by atoms with E-state index in [1.807, 2.05) is 19.9 Å². The summed E-state index contributed by atoms with van der Waals surface area (Å²) in [4.78, 5) is 4.06. The average Bonchev–Trinajstić information content (AvgIpc) is 2.11. The summed E-state index contributed by atoms with van der Waals surface area (Å²) in [7, 11) is 0. The second kappa shape index (κ2) is 4.23. The first-order valence-electron chi connectivity index (χ1n) is 4.45. The highest BCUT2D eigenvalue weighted by Gasteiger charge is 2.06. The molecule has 0 amide bonds. The van der Waals surface area contributed by atoms with E-state index in [0.29, 0.717) is 5.82 Å². The van der Waals surface area contributed by atoms with Crippen molar-refractivity contribution in [3.8, 4) is 0 Å². The number of rotatable bonds is 3. The van der Waals surface area contributed by atoms with E-state index in [0.717, 1.165) is 17.5 Å². The fourth-order valence-corrected chi connectivity index (χ4v) is 1.24. The number of anilines is 1. The molecule has 0 radical (unpaired) electrons. The molecule has 0 aliphatic carbocycles. The van der Waals surface area contributed by atoms with Gasteiger partial charge in [-0.2, -0.15) is 0 Å². The van der Waals surface area contributed by atoms with Gasteiger partial charge in [0.15, 0.2) is 0 Å². The SMILES string of the molecule is Cc1cnc(N)c(CC(C)CO)c1. The summed E-state index contributed by atoms with van der Waals surface area (Å²) < 4.78 is 0. The van der Waals surface area contributed by atoms with Crippen LogP contribution >= 0.6 is 0 Å². The predicted molar refractivity (Wildman–Crippen MR) is 53.3 cm³/mol. The molecule has 1 atom stereocenters. The topological polar surface area (TPSA) is 59.1 Å². The standard InChI is InChI=1S/C10H16N2O/c1-7-3-9(4-8(2)6-13)10(11)12-5-7/h3,5,8,13H,4,6H2,1-2H3,(H2,11,12). The molecule has 0 saturated carbocycles. The fraction of sp³-hybridized carbons (Fsp3) is 0.500. The van der Waals surface area contributed by atoms with Crippen molar-refractivity contribution in [1.29, 1.82) is 0 Å². The number of aliphatic hydroxyl groups is 1. The highest BCUT2D eigenvalue weighted by atomic mass is 16.3. The van der Waals surface area contributed by atoms with Crippen molar-refractivity contribution >= 4 is 5.82 Å². The number of aryl methyl sites for hydroxylation is 1. The molecular weight excluding hydrogens is 164 g/mol. The van der Waals surface area contributed by atoms with E-state index in [9.17, 15) is 0 Å². The maximum Gasteiger partial charge on any atom is 0.126 e. The van der Waals surface area contributed by atoms with Crippen molar-refractivity contribution in [2.75, 3.05) is 12.3 Å². The minimum atomic E-state index is 0.188. The number of nitrogens with two attached hydrogens (primary N) is 1. The maximum absolute atomic E-state index is 8.90. The summed E-state index contributed by atoms with van der Waals surface area (Å²) >= 11 is 0. The molecule has 1 unspecified atom stereocenters. The first-order valence-corrected chi connectivity index (χ1v) is 4.45. The summed E-state index contributed by atoms with van der Waals surface area (Å²) in [5.41, 5.74) is 7.83. The van der Waals surface area contributed by atoms with Crippen LogP contribution in [0.15, 0.2) is 12.3 Å². The lowest BCUT2D eigenvalue weighted by atomic mass is 10.0. The van der Waals surface area contributed by atoms with Gasteiger partial charge in [-0.3, -0.25) is 0 Å². The van der Waals surface area contributed by atoms with Gasteiger partial charge in [0.2, 0.25) is 0 Å². The Morgan fingerprint density at radius 2 is 2.31 bits per heavy atom. The molecule has 0 aromatic carbocycles. The van der Waals surface area contributed by atoms with Crippen LogP contribution in [0.5, 0.6) is 0 Å². The van der Waals surface area contributed by atoms with Crippen LogP contribution in [0.4, 0.5) is 5.82 Å². The molecule has 1 rings (SSSR count). The zero-order valence-corrected chi connectivity index (χ0v) is 8.12. The van der Waals surface area contributed by atoms with Crippen LogP contribution in [0.25, 0.3) is 0 Å². The van der Waals surface area contributed by atoms with Crippen LogP contribution in [0.2, 0.25) is 0 Å². The first-order chi connectivity index (χ1) is 6.13. The third-order valence-corrected chi connectivity index (χ3v) is 2.02. The zero-order chi connectivity index (χ0) is 9.84. The number of aromatic nitrogens is 1. The second-order valence-electron chi connectivity index (χ2n) is 3.55. The van der Waals surface area contributed by atoms with E-state index < -0.39 is 0 Å². The first kappa shape index (κ1) is 9.99. The molecule has 13 heavy (non-hydrogen) atoms. The molecule has 1 aromatic heterocycles. The van der Waals surface area contributed by atoms with E-state index in [1.165, 1.54) is 0 Å². The van der Waals surface area contributed by atoms with Gasteiger partial charge in [-0.05, 0) is 30.4 Å². The Kier molecular flexibility index (Phi) is 3.25. The minimum Gasteiger partial charge on any atom is -0.396 e. The highest BCUT2D eigenvalue weighted by molar-refractivity contribution is 5.40. The van der Waals surface area contributed by atoms with Crippen LogP contribution in [0.1, 0.15) is 18.1 Å². The maximum atomic E-state index is 8.90. The summed E-state index contributed by atoms with van der Waals surface area (Å²) in [6.07, 6.45) is 2.54. The Bertz CT molecular complexity index is 286. The van der Waals surface area contributed by atoms with Crippen LogP contribution in [0.3, 0.4) is 0 Å². The third kappa shape index (κ3) is 2.70. The van der Waals surface area contributed by atoms with Crippen molar-refractivity contribution in [3.63, 3.8) is 0 Å². The Balaban J connectivity index is 2.81. The lowest BCUT2D eigenvalue weighted by Crippen LogP contribution is -2.07. The number of nitrogens with zero attached hydrogens (tertiary/aromatic N) is 1. The summed E-state index contributed by atoms with van der Waals surface area (Å²) in [6, 6.07) is 2.02. The van der Waals surface area contributed by atoms with Gasteiger partial charge in [-0.25, -0.2) is 4.98 Å². The number of pyridine rings is 1. The Hall–Kier alpha value is -1.09. The van der Waals surface area contributed by atoms with Gasteiger partial charge in [-0.15, -0.1) is 0 Å². The van der Waals surface area contributed by atoms with Crippen molar-refractivity contribution < 1.29 is 5.11 Å². The van der Waals surface area contributed by atoms with Crippen LogP contribution in [-0.2, 0) is 6.42 Å². The molecule has 0 aliphatic heterocycles. The zero-order valence-electron chi connectivity index (χ0n) is 8.12. The van der Waals surface area contributed by atoms with E-state index >= 15 is 0 Å². The lowest BCUT2D eigenvalue weighted by molar-refractivity contribution is 0.237. The van der Waals surface area contributed by atoms with Crippen molar-refractivity contribution in [2.45, 2.75) is 20.3 Å². The second-order valence-corrected chi connectivity index (χ2v) is 3.55. The van der Waals surface area contributed by atoms with Crippen LogP contribution < -0.4 is 5.73 Å². The minimum absolute atomic E-state index is 0.188. The van der Waals surface area contributed by atoms with Crippen molar-refractivity contribution in [3.05, 3.63) is 23.4 Å². The molecule has 0 spiro atoms. The van der Waals surface area contributed by atoms with E-state index in [1.54, 1.807) is 6.20 Å². The van der Waals surface area contributed by atoms with Crippen molar-refractivity contribution in [1.82, 2.24) is 4.98 Å². The van der Waals surface area contributed by atoms with Crippen LogP contribution in [0, 0.1) is 12.8 Å². The fourth-order valence-electron chi connectivity index (χ4n) is 1.24. The molecule has 0 bridgehead atoms. The molecule has 0 aliphatic rings. The monoisotopic (exact) mass is 180 g/mol. The van der Waals surface area contributed by atoms with Crippen molar-refractivity contribution in [2.24, 2.45) is 5.92 Å². The van der Waals surface area contributed by atoms with Gasteiger partial charge in [0.1, 0.15) is 5.82 Å². The summed E-state index contributed by atoms with van der Waals surface area (Å²) in [6.45, 7) is 4.16. The highest BCUT2D eigenvalue weighted by Crippen LogP contribution is 2.14. The summed E-state index contributed by atoms with van der Waals surface area (Å²) in [5.74, 6) is 0.816. The van der Waals surface area contributed by atoms with Crippen LogP contribution in [-0.4, -0.2) is 16.7 Å². The molecule has 1 heterocycles. The number of hydrogen-bond acceptors (Lipinski definition) is 3. The number of hydrogen-bond donors (Lipinski definition) is 2. The van der Waals surface area contributed by atoms with E-state index in [-0.39, 0.29) is 12.5 Å². The van der Waals surface area contributed by atoms with Gasteiger partial charge < -0.3 is 10.8 Å². The van der Waals surface area contributed by atoms with Gasteiger partial charge >= 0.3 is 0 Å². The quantitative estimate of drug-likeness (QED) is 0.733. The third-order valence-electron chi connectivity index (χ3n) is 2.02. The van der Waals surface area contributed by atoms with Gasteiger partial charge in [-0.1, -0.05) is 13.0 Å². The number of nitrogen functional groups attached to an aromatic ring is 1. The molecule has 1 aromatic rings. The van der Waals surface area contributed by atoms with E-state index in [4.69, 9.17) is 10.8 Å². The Morgan fingerprint density at radius 3 is 2.92 bits per heavy atom. The summed E-state index contributed by atoms with van der Waals surface area (Å²) in [5, 5.41) is 8.90. The molecule has 0 fully saturated rings. The molecule has 3 N–H and O–H groups in total. The Labute approximate surface area is 78.6 Å². The van der Waals surface area contributed by atoms with Gasteiger partial charge in [0.05, 0.1) is 0 Å².